The summed E-state index contributed by atoms with van der Waals surface area (Å²) in [5, 5.41) is 0. The van der Waals surface area contributed by atoms with Gasteiger partial charge < -0.3 is 14.2 Å². The van der Waals surface area contributed by atoms with Gasteiger partial charge in [-0.2, -0.15) is 0 Å². The van der Waals surface area contributed by atoms with Gasteiger partial charge in [0.25, 0.3) is 0 Å². The van der Waals surface area contributed by atoms with E-state index in [0.717, 1.165) is 77.0 Å². The van der Waals surface area contributed by atoms with Gasteiger partial charge in [-0.1, -0.05) is 313 Å². The minimum Gasteiger partial charge on any atom is -0.462 e. The van der Waals surface area contributed by atoms with Crippen molar-refractivity contribution in [1.29, 1.82) is 0 Å². The summed E-state index contributed by atoms with van der Waals surface area (Å²) in [5.74, 6) is -0.863. The first-order chi connectivity index (χ1) is 40.0. The molecule has 0 aromatic carbocycles. The highest BCUT2D eigenvalue weighted by Crippen LogP contribution is 2.18. The monoisotopic (exact) mass is 1130 g/mol. The van der Waals surface area contributed by atoms with Gasteiger partial charge in [0.1, 0.15) is 13.2 Å². The molecule has 0 rings (SSSR count). The summed E-state index contributed by atoms with van der Waals surface area (Å²) in [5.41, 5.74) is 0. The zero-order chi connectivity index (χ0) is 58.5. The van der Waals surface area contributed by atoms with Gasteiger partial charge in [0.2, 0.25) is 0 Å². The molecule has 6 nitrogen and oxygen atoms in total. The molecule has 0 aliphatic rings. The first-order valence-corrected chi connectivity index (χ1v) is 35.8. The third kappa shape index (κ3) is 67.8. The second-order valence-electron chi connectivity index (χ2n) is 24.1. The van der Waals surface area contributed by atoms with Gasteiger partial charge in [-0.05, 0) is 109 Å². The molecule has 81 heavy (non-hydrogen) atoms. The van der Waals surface area contributed by atoms with Crippen LogP contribution in [0.25, 0.3) is 0 Å². The number of hydrogen-bond acceptors (Lipinski definition) is 6. The SMILES string of the molecule is CCCCCC/C=C\CCCCCCCC(=O)OCC(COC(=O)CCCCCCCCCCCCCCCCCC/C=C\C/C=C\C/C=C\CCCCCCC)OC(=O)CCCCCCCCCCC/C=C\CCCCCCCC. The predicted octanol–water partition coefficient (Wildman–Crippen LogP) is 24.7. The number of hydrogen-bond donors (Lipinski definition) is 0. The van der Waals surface area contributed by atoms with Gasteiger partial charge in [0.05, 0.1) is 0 Å². The highest BCUT2D eigenvalue weighted by Gasteiger charge is 2.19. The molecule has 0 radical (unpaired) electrons. The van der Waals surface area contributed by atoms with Crippen LogP contribution < -0.4 is 0 Å². The average Bonchev–Trinajstić information content (AvgIpc) is 3.46. The third-order valence-electron chi connectivity index (χ3n) is 16.0. The molecule has 472 valence electrons. The summed E-state index contributed by atoms with van der Waals surface area (Å²) in [6.45, 7) is 6.66. The van der Waals surface area contributed by atoms with Gasteiger partial charge >= 0.3 is 17.9 Å². The standard InChI is InChI=1S/C75H136O6/c1-4-7-10-13-16-19-22-25-27-29-31-32-33-34-35-36-37-38-39-40-41-42-44-45-47-50-53-56-59-62-65-68-74(77)80-71-72(70-79-73(76)67-64-61-58-55-52-49-24-21-18-15-12-9-6-3)81-75(78)69-66-63-60-57-54-51-48-46-43-30-28-26-23-20-17-14-11-8-5-2/h21-22,24-26,28-29,31,33-34,72H,4-20,23,27,30,32,35-71H2,1-3H3/b24-21-,25-22-,28-26-,31-29-,34-33-. The Morgan fingerprint density at radius 2 is 0.444 bits per heavy atom. The first kappa shape index (κ1) is 78.1. The molecular weight excluding hydrogens is 997 g/mol. The lowest BCUT2D eigenvalue weighted by Gasteiger charge is -2.18. The van der Waals surface area contributed by atoms with Gasteiger partial charge in [0, 0.05) is 19.3 Å². The highest BCUT2D eigenvalue weighted by atomic mass is 16.6. The molecule has 0 heterocycles. The van der Waals surface area contributed by atoms with Crippen LogP contribution in [-0.2, 0) is 28.6 Å². The van der Waals surface area contributed by atoms with Crippen LogP contribution in [0.1, 0.15) is 380 Å². The van der Waals surface area contributed by atoms with Crippen molar-refractivity contribution >= 4 is 17.9 Å². The first-order valence-electron chi connectivity index (χ1n) is 35.8. The lowest BCUT2D eigenvalue weighted by Crippen LogP contribution is -2.30. The molecule has 0 spiro atoms. The second kappa shape index (κ2) is 69.6. The van der Waals surface area contributed by atoms with E-state index >= 15 is 0 Å². The maximum Gasteiger partial charge on any atom is 0.306 e. The summed E-state index contributed by atoms with van der Waals surface area (Å²) in [4.78, 5) is 38.4. The Bertz CT molecular complexity index is 1440. The molecule has 1 atom stereocenters. The molecule has 0 saturated carbocycles. The Labute approximate surface area is 504 Å². The number of esters is 3. The van der Waals surface area contributed by atoms with E-state index in [4.69, 9.17) is 14.2 Å². The second-order valence-corrected chi connectivity index (χ2v) is 24.1. The van der Waals surface area contributed by atoms with E-state index in [2.05, 4.69) is 81.5 Å². The van der Waals surface area contributed by atoms with Gasteiger partial charge in [0.15, 0.2) is 6.10 Å². The maximum atomic E-state index is 12.9. The highest BCUT2D eigenvalue weighted by molar-refractivity contribution is 5.71. The molecule has 0 N–H and O–H groups in total. The molecule has 0 aliphatic carbocycles. The van der Waals surface area contributed by atoms with Crippen LogP contribution in [0, 0.1) is 0 Å². The lowest BCUT2D eigenvalue weighted by atomic mass is 10.0. The van der Waals surface area contributed by atoms with Crippen LogP contribution in [0.5, 0.6) is 0 Å². The molecule has 6 heteroatoms. The van der Waals surface area contributed by atoms with Gasteiger partial charge in [-0.25, -0.2) is 0 Å². The summed E-state index contributed by atoms with van der Waals surface area (Å²) in [6.07, 6.45) is 89.7. The van der Waals surface area contributed by atoms with Crippen LogP contribution in [0.4, 0.5) is 0 Å². The van der Waals surface area contributed by atoms with Crippen LogP contribution in [-0.4, -0.2) is 37.2 Å². The quantitative estimate of drug-likeness (QED) is 0.0261. The molecule has 0 aliphatic heterocycles. The Kier molecular flexibility index (Phi) is 67.1. The van der Waals surface area contributed by atoms with Gasteiger partial charge in [-0.3, -0.25) is 14.4 Å². The van der Waals surface area contributed by atoms with Gasteiger partial charge in [-0.15, -0.1) is 0 Å². The number of ether oxygens (including phenoxy) is 3. The van der Waals surface area contributed by atoms with E-state index in [0.29, 0.717) is 19.3 Å². The fraction of sp³-hybridized carbons (Fsp3) is 0.827. The van der Waals surface area contributed by atoms with Crippen molar-refractivity contribution < 1.29 is 28.6 Å². The van der Waals surface area contributed by atoms with E-state index < -0.39 is 6.10 Å². The number of rotatable bonds is 66. The summed E-state index contributed by atoms with van der Waals surface area (Å²) < 4.78 is 17.0. The van der Waals surface area contributed by atoms with E-state index in [1.54, 1.807) is 0 Å². The molecule has 0 aromatic rings. The largest absolute Gasteiger partial charge is 0.462 e. The van der Waals surface area contributed by atoms with Crippen molar-refractivity contribution in [3.8, 4) is 0 Å². The van der Waals surface area contributed by atoms with Crippen molar-refractivity contribution in [1.82, 2.24) is 0 Å². The van der Waals surface area contributed by atoms with Crippen LogP contribution in [0.2, 0.25) is 0 Å². The van der Waals surface area contributed by atoms with E-state index in [9.17, 15) is 14.4 Å². The van der Waals surface area contributed by atoms with Crippen LogP contribution in [0.15, 0.2) is 60.8 Å². The lowest BCUT2D eigenvalue weighted by molar-refractivity contribution is -0.167. The van der Waals surface area contributed by atoms with E-state index in [1.807, 2.05) is 0 Å². The average molecular weight is 1130 g/mol. The Morgan fingerprint density at radius 1 is 0.247 bits per heavy atom. The summed E-state index contributed by atoms with van der Waals surface area (Å²) in [7, 11) is 0. The predicted molar refractivity (Wildman–Crippen MR) is 353 cm³/mol. The van der Waals surface area contributed by atoms with Crippen molar-refractivity contribution in [3.63, 3.8) is 0 Å². The summed E-state index contributed by atoms with van der Waals surface area (Å²) in [6, 6.07) is 0. The molecule has 1 unspecified atom stereocenters. The fourth-order valence-electron chi connectivity index (χ4n) is 10.6. The molecular formula is C75H136O6. The molecule has 0 bridgehead atoms. The maximum absolute atomic E-state index is 12.9. The topological polar surface area (TPSA) is 78.9 Å². The number of unbranched alkanes of at least 4 members (excludes halogenated alkanes) is 45. The van der Waals surface area contributed by atoms with E-state index in [-0.39, 0.29) is 31.1 Å². The smallest absolute Gasteiger partial charge is 0.306 e. The molecule has 0 saturated heterocycles. The molecule has 0 amide bonds. The van der Waals surface area contributed by atoms with Crippen LogP contribution >= 0.6 is 0 Å². The Morgan fingerprint density at radius 3 is 0.716 bits per heavy atom. The minimum absolute atomic E-state index is 0.0741. The number of carbonyl (C=O) groups is 3. The van der Waals surface area contributed by atoms with Crippen molar-refractivity contribution in [2.24, 2.45) is 0 Å². The van der Waals surface area contributed by atoms with Crippen LogP contribution in [0.3, 0.4) is 0 Å². The third-order valence-corrected chi connectivity index (χ3v) is 16.0. The number of carbonyl (C=O) groups excluding carboxylic acids is 3. The van der Waals surface area contributed by atoms with Crippen molar-refractivity contribution in [2.75, 3.05) is 13.2 Å². The summed E-state index contributed by atoms with van der Waals surface area (Å²) >= 11 is 0. The van der Waals surface area contributed by atoms with Crippen molar-refractivity contribution in [3.05, 3.63) is 60.8 Å². The molecule has 0 fully saturated rings. The fourth-order valence-corrected chi connectivity index (χ4v) is 10.6. The molecule has 0 aromatic heterocycles. The zero-order valence-electron chi connectivity index (χ0n) is 54.3. The Balaban J connectivity index is 4.19. The minimum atomic E-state index is -0.778. The Hall–Kier alpha value is -2.89. The normalized spacial score (nSPS) is 12.4. The van der Waals surface area contributed by atoms with E-state index in [1.165, 1.54) is 263 Å². The van der Waals surface area contributed by atoms with Crippen molar-refractivity contribution in [2.45, 2.75) is 386 Å². The zero-order valence-corrected chi connectivity index (χ0v) is 54.3. The number of allylic oxidation sites excluding steroid dienone is 10.